The summed E-state index contributed by atoms with van der Waals surface area (Å²) in [6.45, 7) is 6.61. The number of nitrogens with one attached hydrogen (secondary N) is 1. The Balaban J connectivity index is 2.29. The molecule has 0 saturated carbocycles. The van der Waals surface area contributed by atoms with Crippen LogP contribution >= 0.6 is 0 Å². The van der Waals surface area contributed by atoms with Crippen LogP contribution in [0.4, 0.5) is 0 Å². The molecule has 2 rings (SSSR count). The van der Waals surface area contributed by atoms with Gasteiger partial charge in [0.15, 0.2) is 0 Å². The molecule has 19 heavy (non-hydrogen) atoms. The van der Waals surface area contributed by atoms with Gasteiger partial charge >= 0.3 is 0 Å². The van der Waals surface area contributed by atoms with E-state index in [2.05, 4.69) is 4.72 Å². The fourth-order valence-electron chi connectivity index (χ4n) is 2.42. The van der Waals surface area contributed by atoms with E-state index < -0.39 is 34.4 Å². The number of hydrogen-bond acceptors (Lipinski definition) is 5. The molecule has 2 aliphatic rings. The maximum absolute atomic E-state index is 12.0. The summed E-state index contributed by atoms with van der Waals surface area (Å²) >= 11 is 0. The van der Waals surface area contributed by atoms with Crippen molar-refractivity contribution < 1.29 is 24.0 Å². The summed E-state index contributed by atoms with van der Waals surface area (Å²) in [4.78, 5) is 0. The Kier molecular flexibility index (Phi) is 3.83. The van der Waals surface area contributed by atoms with Gasteiger partial charge < -0.3 is 14.2 Å². The molecular formula is C12H23NO5S. The minimum atomic E-state index is -3.48. The summed E-state index contributed by atoms with van der Waals surface area (Å²) < 4.78 is 51.4. The molecule has 7 heteroatoms. The first-order valence-electron chi connectivity index (χ1n) is 7.10. The third-order valence-electron chi connectivity index (χ3n) is 3.12. The van der Waals surface area contributed by atoms with E-state index in [1.165, 1.54) is 0 Å². The third kappa shape index (κ3) is 3.28. The zero-order valence-corrected chi connectivity index (χ0v) is 12.6. The van der Waals surface area contributed by atoms with Crippen LogP contribution in [0.3, 0.4) is 0 Å². The monoisotopic (exact) mass is 295 g/mol. The Morgan fingerprint density at radius 1 is 1.42 bits per heavy atom. The van der Waals surface area contributed by atoms with Gasteiger partial charge in [0.2, 0.25) is 10.0 Å². The lowest BCUT2D eigenvalue weighted by atomic mass is 9.96. The number of hydrogen-bond donors (Lipinski definition) is 1. The minimum Gasteiger partial charge on any atom is -0.376 e. The van der Waals surface area contributed by atoms with Gasteiger partial charge in [0, 0.05) is 0 Å². The van der Waals surface area contributed by atoms with E-state index in [-0.39, 0.29) is 24.6 Å². The molecule has 0 aromatic carbocycles. The first-order chi connectivity index (χ1) is 9.15. The highest BCUT2D eigenvalue weighted by molar-refractivity contribution is 7.89. The summed E-state index contributed by atoms with van der Waals surface area (Å²) in [7, 11) is -3.48. The fraction of sp³-hybridized carbons (Fsp3) is 1.00. The predicted octanol–water partition coefficient (Wildman–Crippen LogP) is 0.276. The zero-order valence-electron chi connectivity index (χ0n) is 12.8. The van der Waals surface area contributed by atoms with Gasteiger partial charge in [-0.15, -0.1) is 0 Å². The Morgan fingerprint density at radius 2 is 2.11 bits per heavy atom. The van der Waals surface area contributed by atoms with Gasteiger partial charge in [0.25, 0.3) is 0 Å². The smallest absolute Gasteiger partial charge is 0.215 e. The molecule has 4 atom stereocenters. The molecule has 0 aromatic heterocycles. The lowest BCUT2D eigenvalue weighted by molar-refractivity contribution is -0.136. The van der Waals surface area contributed by atoms with Crippen molar-refractivity contribution in [2.45, 2.75) is 57.6 Å². The van der Waals surface area contributed by atoms with Crippen molar-refractivity contribution in [1.82, 2.24) is 4.72 Å². The molecule has 2 aliphatic heterocycles. The molecule has 0 amide bonds. The number of fused-ring (bicyclic) bond motifs is 2. The van der Waals surface area contributed by atoms with E-state index in [9.17, 15) is 8.42 Å². The average Bonchev–Trinajstić information content (AvgIpc) is 2.44. The van der Waals surface area contributed by atoms with E-state index in [4.69, 9.17) is 15.6 Å². The van der Waals surface area contributed by atoms with Crippen molar-refractivity contribution in [2.24, 2.45) is 0 Å². The molecule has 2 saturated heterocycles. The van der Waals surface area contributed by atoms with Gasteiger partial charge in [-0.05, 0) is 27.7 Å². The maximum Gasteiger partial charge on any atom is 0.215 e. The second-order valence-electron chi connectivity index (χ2n) is 5.69. The normalized spacial score (nSPS) is 41.8. The van der Waals surface area contributed by atoms with Crippen LogP contribution in [0.25, 0.3) is 0 Å². The minimum absolute atomic E-state index is 0.0477. The number of ether oxygens (including phenoxy) is 3. The van der Waals surface area contributed by atoms with E-state index in [0.717, 1.165) is 0 Å². The van der Waals surface area contributed by atoms with Gasteiger partial charge in [0.05, 0.1) is 38.6 Å². The van der Waals surface area contributed by atoms with Gasteiger partial charge in [0.1, 0.15) is 11.7 Å². The Labute approximate surface area is 116 Å². The van der Waals surface area contributed by atoms with Crippen LogP contribution in [-0.4, -0.2) is 57.3 Å². The van der Waals surface area contributed by atoms with Crippen molar-refractivity contribution in [1.29, 1.82) is 0 Å². The molecular weight excluding hydrogens is 270 g/mol. The van der Waals surface area contributed by atoms with Crippen molar-refractivity contribution >= 4 is 10.0 Å². The van der Waals surface area contributed by atoms with Crippen LogP contribution in [0.1, 0.15) is 29.1 Å². The van der Waals surface area contributed by atoms with Gasteiger partial charge in [-0.2, -0.15) is 0 Å². The quantitative estimate of drug-likeness (QED) is 0.788. The molecule has 112 valence electrons. The third-order valence-corrected chi connectivity index (χ3v) is 4.62. The fourth-order valence-corrected chi connectivity index (χ4v) is 4.05. The maximum atomic E-state index is 12.0. The van der Waals surface area contributed by atoms with Crippen molar-refractivity contribution in [3.05, 3.63) is 0 Å². The van der Waals surface area contributed by atoms with E-state index in [1.807, 2.05) is 27.7 Å². The largest absolute Gasteiger partial charge is 0.376 e. The van der Waals surface area contributed by atoms with Crippen molar-refractivity contribution in [2.75, 3.05) is 18.9 Å². The summed E-state index contributed by atoms with van der Waals surface area (Å²) in [6, 6.07) is -0.688. The van der Waals surface area contributed by atoms with Crippen molar-refractivity contribution in [3.63, 3.8) is 0 Å². The molecule has 0 aliphatic carbocycles. The highest BCUT2D eigenvalue weighted by Crippen LogP contribution is 2.36. The van der Waals surface area contributed by atoms with Crippen LogP contribution in [-0.2, 0) is 24.2 Å². The van der Waals surface area contributed by atoms with Crippen LogP contribution in [0.15, 0.2) is 0 Å². The highest BCUT2D eigenvalue weighted by Gasteiger charge is 2.58. The first kappa shape index (κ1) is 13.8. The Bertz CT molecular complexity index is 455. The Morgan fingerprint density at radius 3 is 2.68 bits per heavy atom. The number of sulfonamides is 1. The molecule has 1 N–H and O–H groups in total. The summed E-state index contributed by atoms with van der Waals surface area (Å²) in [6.07, 6.45) is -0.641. The molecule has 0 spiro atoms. The van der Waals surface area contributed by atoms with Crippen molar-refractivity contribution in [3.8, 4) is 0 Å². The Hall–Kier alpha value is -0.210. The summed E-state index contributed by atoms with van der Waals surface area (Å²) in [5.41, 5.74) is -1.10. The molecule has 2 bridgehead atoms. The van der Waals surface area contributed by atoms with Gasteiger partial charge in [-0.3, -0.25) is 0 Å². The summed E-state index contributed by atoms with van der Waals surface area (Å²) in [5.74, 6) is -0.240. The zero-order chi connectivity index (χ0) is 15.1. The standard InChI is InChI=1S/C12H23NO5S/c1-8(2)16-6-12-7-19(14,15)13-10(5-17-12)11(12)18-9(3)4/h8-11,13H,5-7H2,1-4H3/t10-,11?,12-/m1/s1/i5T/t5-,10+,11?,12+/m0. The molecule has 0 aromatic rings. The molecule has 2 fully saturated rings. The lowest BCUT2D eigenvalue weighted by Gasteiger charge is -2.39. The second-order valence-corrected chi connectivity index (χ2v) is 7.44. The SMILES string of the molecule is [3H][C@@H]1O[C@]2(COC(C)C)CS(=O)(=O)N[C@H]1C2OC(C)C. The molecule has 0 radical (unpaired) electrons. The second kappa shape index (κ2) is 5.29. The summed E-state index contributed by atoms with van der Waals surface area (Å²) in [5, 5.41) is 0. The van der Waals surface area contributed by atoms with E-state index in [1.54, 1.807) is 0 Å². The van der Waals surface area contributed by atoms with Crippen LogP contribution in [0.5, 0.6) is 0 Å². The van der Waals surface area contributed by atoms with Gasteiger partial charge in [-0.1, -0.05) is 0 Å². The molecule has 6 nitrogen and oxygen atoms in total. The topological polar surface area (TPSA) is 73.9 Å². The molecule has 1 unspecified atom stereocenters. The van der Waals surface area contributed by atoms with Crippen LogP contribution in [0.2, 0.25) is 0 Å². The van der Waals surface area contributed by atoms with E-state index in [0.29, 0.717) is 0 Å². The van der Waals surface area contributed by atoms with Crippen LogP contribution in [0, 0.1) is 0 Å². The van der Waals surface area contributed by atoms with E-state index >= 15 is 0 Å². The number of rotatable bonds is 5. The van der Waals surface area contributed by atoms with Crippen LogP contribution < -0.4 is 4.72 Å². The lowest BCUT2D eigenvalue weighted by Crippen LogP contribution is -2.63. The van der Waals surface area contributed by atoms with Gasteiger partial charge in [-0.25, -0.2) is 13.1 Å². The predicted molar refractivity (Wildman–Crippen MR) is 70.5 cm³/mol. The highest BCUT2D eigenvalue weighted by atomic mass is 32.2. The first-order valence-corrected chi connectivity index (χ1v) is 8.17. The average molecular weight is 295 g/mol. The molecule has 2 heterocycles.